The number of aliphatic hydroxyl groups excluding tert-OH is 1. The summed E-state index contributed by atoms with van der Waals surface area (Å²) < 4.78 is 7.52. The minimum atomic E-state index is -0.461. The van der Waals surface area contributed by atoms with Crippen molar-refractivity contribution in [2.45, 2.75) is 32.6 Å². The smallest absolute Gasteiger partial charge is 0.247 e. The maximum atomic E-state index is 9.83. The number of benzene rings is 1. The number of imidazole rings is 1. The van der Waals surface area contributed by atoms with Crippen LogP contribution >= 0.6 is 0 Å². The zero-order valence-electron chi connectivity index (χ0n) is 12.9. The summed E-state index contributed by atoms with van der Waals surface area (Å²) >= 11 is 0. The van der Waals surface area contributed by atoms with Gasteiger partial charge in [-0.05, 0) is 12.0 Å². The van der Waals surface area contributed by atoms with Gasteiger partial charge in [0.25, 0.3) is 0 Å². The Morgan fingerprint density at radius 2 is 2.04 bits per heavy atom. The lowest BCUT2D eigenvalue weighted by Gasteiger charge is -2.10. The molecule has 0 spiro atoms. The molecular formula is C16H19N5O2. The van der Waals surface area contributed by atoms with Crippen molar-refractivity contribution in [1.29, 1.82) is 0 Å². The Labute approximate surface area is 133 Å². The normalized spacial score (nSPS) is 12.4. The molecule has 0 amide bonds. The fraction of sp³-hybridized carbons (Fsp3) is 0.312. The standard InChI is InChI=1S/C16H19N5O2/c1-2-12(22)8-21-10-18-13-14(21)19-16(17)20-15(13)23-9-11-6-4-3-5-7-11/h3-7,10,12,22H,2,8-9H2,1H3,(H2,17,19,20)/t12-/m1/s1. The molecule has 0 saturated heterocycles. The van der Waals surface area contributed by atoms with E-state index in [1.165, 1.54) is 0 Å². The second-order valence-electron chi connectivity index (χ2n) is 5.29. The van der Waals surface area contributed by atoms with E-state index in [1.54, 1.807) is 10.9 Å². The molecule has 23 heavy (non-hydrogen) atoms. The third-order valence-electron chi connectivity index (χ3n) is 3.55. The fourth-order valence-electron chi connectivity index (χ4n) is 2.25. The Kier molecular flexibility index (Phi) is 4.38. The molecule has 2 heterocycles. The summed E-state index contributed by atoms with van der Waals surface area (Å²) in [6.07, 6.45) is 1.81. The van der Waals surface area contributed by atoms with E-state index >= 15 is 0 Å². The first kappa shape index (κ1) is 15.2. The summed E-state index contributed by atoms with van der Waals surface area (Å²) in [6.45, 7) is 2.69. The number of hydrogen-bond acceptors (Lipinski definition) is 6. The first-order valence-corrected chi connectivity index (χ1v) is 7.50. The van der Waals surface area contributed by atoms with Gasteiger partial charge in [-0.25, -0.2) is 4.98 Å². The summed E-state index contributed by atoms with van der Waals surface area (Å²) in [5, 5.41) is 9.83. The van der Waals surface area contributed by atoms with Gasteiger partial charge >= 0.3 is 0 Å². The highest BCUT2D eigenvalue weighted by atomic mass is 16.5. The van der Waals surface area contributed by atoms with Crippen molar-refractivity contribution >= 4 is 17.1 Å². The Bertz CT molecular complexity index is 788. The lowest BCUT2D eigenvalue weighted by atomic mass is 10.2. The first-order chi connectivity index (χ1) is 11.2. The number of nitrogens with zero attached hydrogens (tertiary/aromatic N) is 4. The summed E-state index contributed by atoms with van der Waals surface area (Å²) in [7, 11) is 0. The number of rotatable bonds is 6. The zero-order chi connectivity index (χ0) is 16.2. The van der Waals surface area contributed by atoms with E-state index in [2.05, 4.69) is 15.0 Å². The maximum absolute atomic E-state index is 9.83. The quantitative estimate of drug-likeness (QED) is 0.719. The number of nitrogens with two attached hydrogens (primary N) is 1. The molecule has 0 radical (unpaired) electrons. The van der Waals surface area contributed by atoms with Crippen LogP contribution in [0.4, 0.5) is 5.95 Å². The topological polar surface area (TPSA) is 99.1 Å². The highest BCUT2D eigenvalue weighted by Gasteiger charge is 2.15. The van der Waals surface area contributed by atoms with Crippen LogP contribution in [0, 0.1) is 0 Å². The molecule has 1 atom stereocenters. The number of aliphatic hydroxyl groups is 1. The van der Waals surface area contributed by atoms with E-state index in [9.17, 15) is 5.11 Å². The number of hydrogen-bond donors (Lipinski definition) is 2. The SMILES string of the molecule is CC[C@@H](O)Cn1cnc2c(OCc3ccccc3)nc(N)nc21. The summed E-state index contributed by atoms with van der Waals surface area (Å²) in [5.74, 6) is 0.467. The Hall–Kier alpha value is -2.67. The van der Waals surface area contributed by atoms with Crippen LogP contribution in [-0.2, 0) is 13.2 Å². The predicted octanol–water partition coefficient (Wildman–Crippen LogP) is 1.76. The van der Waals surface area contributed by atoms with Crippen molar-refractivity contribution in [3.63, 3.8) is 0 Å². The average molecular weight is 313 g/mol. The number of nitrogen functional groups attached to an aromatic ring is 1. The van der Waals surface area contributed by atoms with Gasteiger partial charge in [-0.15, -0.1) is 0 Å². The fourth-order valence-corrected chi connectivity index (χ4v) is 2.25. The Morgan fingerprint density at radius 1 is 1.26 bits per heavy atom. The largest absolute Gasteiger partial charge is 0.471 e. The molecule has 0 fully saturated rings. The van der Waals surface area contributed by atoms with Gasteiger partial charge in [0, 0.05) is 0 Å². The molecule has 0 bridgehead atoms. The third-order valence-corrected chi connectivity index (χ3v) is 3.55. The Morgan fingerprint density at radius 3 is 2.78 bits per heavy atom. The molecule has 1 aromatic carbocycles. The molecule has 3 rings (SSSR count). The van der Waals surface area contributed by atoms with Crippen LogP contribution in [-0.4, -0.2) is 30.7 Å². The second-order valence-corrected chi connectivity index (χ2v) is 5.29. The third kappa shape index (κ3) is 3.40. The average Bonchev–Trinajstić information content (AvgIpc) is 2.96. The number of anilines is 1. The van der Waals surface area contributed by atoms with Gasteiger partial charge < -0.3 is 20.1 Å². The van der Waals surface area contributed by atoms with E-state index in [0.29, 0.717) is 36.6 Å². The van der Waals surface area contributed by atoms with E-state index in [1.807, 2.05) is 37.3 Å². The summed E-state index contributed by atoms with van der Waals surface area (Å²) in [4.78, 5) is 12.7. The highest BCUT2D eigenvalue weighted by Crippen LogP contribution is 2.23. The molecule has 3 N–H and O–H groups in total. The van der Waals surface area contributed by atoms with Crippen molar-refractivity contribution in [2.24, 2.45) is 0 Å². The van der Waals surface area contributed by atoms with Crippen LogP contribution in [0.2, 0.25) is 0 Å². The predicted molar refractivity (Wildman–Crippen MR) is 86.8 cm³/mol. The number of aromatic nitrogens is 4. The molecule has 7 nitrogen and oxygen atoms in total. The summed E-state index contributed by atoms with van der Waals surface area (Å²) in [5.41, 5.74) is 7.91. The van der Waals surface area contributed by atoms with Crippen LogP contribution in [0.15, 0.2) is 36.7 Å². The van der Waals surface area contributed by atoms with Crippen LogP contribution in [0.5, 0.6) is 5.88 Å². The molecule has 0 saturated carbocycles. The maximum Gasteiger partial charge on any atom is 0.247 e. The molecule has 0 aliphatic carbocycles. The minimum Gasteiger partial charge on any atom is -0.471 e. The Balaban J connectivity index is 1.88. The van der Waals surface area contributed by atoms with E-state index in [0.717, 1.165) is 5.56 Å². The number of ether oxygens (including phenoxy) is 1. The lowest BCUT2D eigenvalue weighted by molar-refractivity contribution is 0.151. The van der Waals surface area contributed by atoms with Gasteiger partial charge in [0.2, 0.25) is 11.8 Å². The van der Waals surface area contributed by atoms with Crippen LogP contribution < -0.4 is 10.5 Å². The molecule has 0 aliphatic heterocycles. The zero-order valence-corrected chi connectivity index (χ0v) is 12.9. The van der Waals surface area contributed by atoms with Gasteiger partial charge in [0.15, 0.2) is 11.2 Å². The van der Waals surface area contributed by atoms with Crippen LogP contribution in [0.1, 0.15) is 18.9 Å². The second kappa shape index (κ2) is 6.62. The molecule has 7 heteroatoms. The van der Waals surface area contributed by atoms with Crippen LogP contribution in [0.3, 0.4) is 0 Å². The van der Waals surface area contributed by atoms with E-state index in [-0.39, 0.29) is 5.95 Å². The van der Waals surface area contributed by atoms with Crippen molar-refractivity contribution in [1.82, 2.24) is 19.5 Å². The van der Waals surface area contributed by atoms with Crippen LogP contribution in [0.25, 0.3) is 11.2 Å². The van der Waals surface area contributed by atoms with E-state index < -0.39 is 6.10 Å². The summed E-state index contributed by atoms with van der Waals surface area (Å²) in [6, 6.07) is 9.79. The van der Waals surface area contributed by atoms with Gasteiger partial charge in [-0.2, -0.15) is 9.97 Å². The number of fused-ring (bicyclic) bond motifs is 1. The first-order valence-electron chi connectivity index (χ1n) is 7.50. The molecule has 3 aromatic rings. The molecular weight excluding hydrogens is 294 g/mol. The van der Waals surface area contributed by atoms with Crippen molar-refractivity contribution in [3.8, 4) is 5.88 Å². The van der Waals surface area contributed by atoms with Crippen molar-refractivity contribution in [3.05, 3.63) is 42.2 Å². The van der Waals surface area contributed by atoms with Gasteiger partial charge in [0.1, 0.15) is 6.61 Å². The minimum absolute atomic E-state index is 0.119. The van der Waals surface area contributed by atoms with E-state index in [4.69, 9.17) is 10.5 Å². The van der Waals surface area contributed by atoms with Crippen molar-refractivity contribution in [2.75, 3.05) is 5.73 Å². The van der Waals surface area contributed by atoms with Gasteiger partial charge in [-0.1, -0.05) is 37.3 Å². The van der Waals surface area contributed by atoms with Crippen molar-refractivity contribution < 1.29 is 9.84 Å². The molecule has 120 valence electrons. The van der Waals surface area contributed by atoms with Gasteiger partial charge in [-0.3, -0.25) is 0 Å². The molecule has 0 aliphatic rings. The van der Waals surface area contributed by atoms with Gasteiger partial charge in [0.05, 0.1) is 19.0 Å². The molecule has 0 unspecified atom stereocenters. The highest BCUT2D eigenvalue weighted by molar-refractivity contribution is 5.77. The monoisotopic (exact) mass is 313 g/mol. The lowest BCUT2D eigenvalue weighted by Crippen LogP contribution is -2.14. The molecule has 2 aromatic heterocycles.